The van der Waals surface area contributed by atoms with Crippen molar-refractivity contribution in [2.75, 3.05) is 6.54 Å². The molecule has 2 aromatic rings. The molecular formula is C15H13BrFNO2. The van der Waals surface area contributed by atoms with E-state index in [1.54, 1.807) is 31.2 Å². The largest absolute Gasteiger partial charge is 0.454 e. The second-order valence-corrected chi connectivity index (χ2v) is 4.98. The molecule has 5 heteroatoms. The molecule has 104 valence electrons. The van der Waals surface area contributed by atoms with Crippen LogP contribution in [0.3, 0.4) is 0 Å². The van der Waals surface area contributed by atoms with Gasteiger partial charge in [-0.2, -0.15) is 0 Å². The molecule has 2 aromatic carbocycles. The Hall–Kier alpha value is -1.88. The Morgan fingerprint density at radius 3 is 2.55 bits per heavy atom. The van der Waals surface area contributed by atoms with Gasteiger partial charge in [0.15, 0.2) is 11.6 Å². The Morgan fingerprint density at radius 1 is 1.25 bits per heavy atom. The van der Waals surface area contributed by atoms with E-state index in [-0.39, 0.29) is 17.2 Å². The number of benzene rings is 2. The Kier molecular flexibility index (Phi) is 4.74. The molecule has 0 atom stereocenters. The van der Waals surface area contributed by atoms with Gasteiger partial charge in [0, 0.05) is 16.6 Å². The average Bonchev–Trinajstić information content (AvgIpc) is 2.43. The predicted octanol–water partition coefficient (Wildman–Crippen LogP) is 4.13. The number of hydrogen-bond donors (Lipinski definition) is 1. The summed E-state index contributed by atoms with van der Waals surface area (Å²) in [5, 5.41) is 2.61. The van der Waals surface area contributed by atoms with Crippen molar-refractivity contribution < 1.29 is 13.9 Å². The van der Waals surface area contributed by atoms with Gasteiger partial charge in [0.25, 0.3) is 5.91 Å². The topological polar surface area (TPSA) is 38.3 Å². The lowest BCUT2D eigenvalue weighted by Gasteiger charge is -2.08. The number of ether oxygens (including phenoxy) is 1. The lowest BCUT2D eigenvalue weighted by molar-refractivity contribution is 0.0955. The number of carbonyl (C=O) groups excluding carboxylic acids is 1. The average molecular weight is 338 g/mol. The molecule has 0 spiro atoms. The molecule has 0 unspecified atom stereocenters. The summed E-state index contributed by atoms with van der Waals surface area (Å²) in [6, 6.07) is 11.2. The van der Waals surface area contributed by atoms with Gasteiger partial charge in [-0.25, -0.2) is 4.39 Å². The smallest absolute Gasteiger partial charge is 0.251 e. The fourth-order valence-electron chi connectivity index (χ4n) is 1.62. The second kappa shape index (κ2) is 6.52. The number of amides is 1. The first kappa shape index (κ1) is 14.5. The molecule has 0 bridgehead atoms. The van der Waals surface area contributed by atoms with Gasteiger partial charge in [0.05, 0.1) is 0 Å². The van der Waals surface area contributed by atoms with Crippen LogP contribution in [0.15, 0.2) is 46.9 Å². The standard InChI is InChI=1S/C15H13BrFNO2/c1-2-18-15(19)10-3-8-14(13(17)9-10)20-12-6-4-11(16)5-7-12/h3-9H,2H2,1H3,(H,18,19). The molecule has 0 radical (unpaired) electrons. The van der Waals surface area contributed by atoms with Crippen LogP contribution < -0.4 is 10.1 Å². The Bertz CT molecular complexity index is 614. The molecule has 0 fully saturated rings. The lowest BCUT2D eigenvalue weighted by Crippen LogP contribution is -2.22. The molecule has 2 rings (SSSR count). The maximum absolute atomic E-state index is 13.9. The number of nitrogens with one attached hydrogen (secondary N) is 1. The molecule has 0 heterocycles. The highest BCUT2D eigenvalue weighted by Crippen LogP contribution is 2.26. The molecule has 0 aliphatic heterocycles. The lowest BCUT2D eigenvalue weighted by atomic mass is 10.2. The van der Waals surface area contributed by atoms with Crippen LogP contribution in [0.4, 0.5) is 4.39 Å². The van der Waals surface area contributed by atoms with Crippen LogP contribution >= 0.6 is 15.9 Å². The Morgan fingerprint density at radius 2 is 1.95 bits per heavy atom. The van der Waals surface area contributed by atoms with Crippen molar-refractivity contribution in [2.45, 2.75) is 6.92 Å². The minimum Gasteiger partial charge on any atom is -0.454 e. The summed E-state index contributed by atoms with van der Waals surface area (Å²) in [6.07, 6.45) is 0. The molecule has 0 saturated carbocycles. The van der Waals surface area contributed by atoms with Crippen LogP contribution in [0.25, 0.3) is 0 Å². The first-order chi connectivity index (χ1) is 9.60. The predicted molar refractivity (Wildman–Crippen MR) is 78.6 cm³/mol. The molecule has 0 saturated heterocycles. The summed E-state index contributed by atoms with van der Waals surface area (Å²) in [7, 11) is 0. The van der Waals surface area contributed by atoms with Crippen LogP contribution in [0, 0.1) is 5.82 Å². The number of hydrogen-bond acceptors (Lipinski definition) is 2. The molecule has 0 aromatic heterocycles. The molecule has 20 heavy (non-hydrogen) atoms. The number of carbonyl (C=O) groups is 1. The van der Waals surface area contributed by atoms with E-state index < -0.39 is 5.82 Å². The Balaban J connectivity index is 2.17. The quantitative estimate of drug-likeness (QED) is 0.910. The highest BCUT2D eigenvalue weighted by Gasteiger charge is 2.10. The number of halogens is 2. The molecule has 3 nitrogen and oxygen atoms in total. The van der Waals surface area contributed by atoms with E-state index in [1.165, 1.54) is 18.2 Å². The second-order valence-electron chi connectivity index (χ2n) is 4.06. The van der Waals surface area contributed by atoms with Gasteiger partial charge in [-0.1, -0.05) is 15.9 Å². The SMILES string of the molecule is CCNC(=O)c1ccc(Oc2ccc(Br)cc2)c(F)c1. The van der Waals surface area contributed by atoms with Crippen LogP contribution in [0.5, 0.6) is 11.5 Å². The van der Waals surface area contributed by atoms with Crippen molar-refractivity contribution in [3.63, 3.8) is 0 Å². The highest BCUT2D eigenvalue weighted by atomic mass is 79.9. The summed E-state index contributed by atoms with van der Waals surface area (Å²) < 4.78 is 20.2. The van der Waals surface area contributed by atoms with E-state index in [0.29, 0.717) is 12.3 Å². The van der Waals surface area contributed by atoms with Gasteiger partial charge in [0.2, 0.25) is 0 Å². The van der Waals surface area contributed by atoms with E-state index in [1.807, 2.05) is 0 Å². The van der Waals surface area contributed by atoms with Gasteiger partial charge in [-0.15, -0.1) is 0 Å². The summed E-state index contributed by atoms with van der Waals surface area (Å²) in [5.74, 6) is -0.267. The van der Waals surface area contributed by atoms with Gasteiger partial charge < -0.3 is 10.1 Å². The fraction of sp³-hybridized carbons (Fsp3) is 0.133. The van der Waals surface area contributed by atoms with Crippen LogP contribution in [0.1, 0.15) is 17.3 Å². The highest BCUT2D eigenvalue weighted by molar-refractivity contribution is 9.10. The molecule has 0 aliphatic carbocycles. The summed E-state index contributed by atoms with van der Waals surface area (Å²) in [5.41, 5.74) is 0.271. The normalized spacial score (nSPS) is 10.2. The maximum Gasteiger partial charge on any atom is 0.251 e. The van der Waals surface area contributed by atoms with Gasteiger partial charge in [0.1, 0.15) is 5.75 Å². The molecular weight excluding hydrogens is 325 g/mol. The van der Waals surface area contributed by atoms with Crippen molar-refractivity contribution in [3.8, 4) is 11.5 Å². The van der Waals surface area contributed by atoms with Crippen LogP contribution in [-0.4, -0.2) is 12.5 Å². The third-order valence-corrected chi connectivity index (χ3v) is 3.10. The molecule has 0 aliphatic rings. The summed E-state index contributed by atoms with van der Waals surface area (Å²) >= 11 is 3.31. The van der Waals surface area contributed by atoms with Crippen LogP contribution in [0.2, 0.25) is 0 Å². The van der Waals surface area contributed by atoms with Gasteiger partial charge in [-0.3, -0.25) is 4.79 Å². The van der Waals surface area contributed by atoms with Crippen LogP contribution in [-0.2, 0) is 0 Å². The minimum absolute atomic E-state index is 0.0837. The minimum atomic E-state index is -0.573. The third kappa shape index (κ3) is 3.57. The van der Waals surface area contributed by atoms with E-state index in [4.69, 9.17) is 4.74 Å². The van der Waals surface area contributed by atoms with E-state index >= 15 is 0 Å². The van der Waals surface area contributed by atoms with Gasteiger partial charge >= 0.3 is 0 Å². The molecule has 1 amide bonds. The third-order valence-electron chi connectivity index (χ3n) is 2.57. The van der Waals surface area contributed by atoms with Crippen molar-refractivity contribution in [2.24, 2.45) is 0 Å². The van der Waals surface area contributed by atoms with Crippen molar-refractivity contribution >= 4 is 21.8 Å². The van der Waals surface area contributed by atoms with Crippen molar-refractivity contribution in [1.82, 2.24) is 5.32 Å². The summed E-state index contributed by atoms with van der Waals surface area (Å²) in [6.45, 7) is 2.30. The van der Waals surface area contributed by atoms with Crippen molar-refractivity contribution in [1.29, 1.82) is 0 Å². The zero-order valence-electron chi connectivity index (χ0n) is 10.8. The first-order valence-corrected chi connectivity index (χ1v) is 6.90. The summed E-state index contributed by atoms with van der Waals surface area (Å²) in [4.78, 5) is 11.6. The fourth-order valence-corrected chi connectivity index (χ4v) is 1.88. The maximum atomic E-state index is 13.9. The first-order valence-electron chi connectivity index (χ1n) is 6.11. The zero-order valence-corrected chi connectivity index (χ0v) is 12.4. The molecule has 1 N–H and O–H groups in total. The monoisotopic (exact) mass is 337 g/mol. The van der Waals surface area contributed by atoms with E-state index in [2.05, 4.69) is 21.2 Å². The number of rotatable bonds is 4. The zero-order chi connectivity index (χ0) is 14.5. The van der Waals surface area contributed by atoms with E-state index in [9.17, 15) is 9.18 Å². The van der Waals surface area contributed by atoms with Gasteiger partial charge in [-0.05, 0) is 49.4 Å². The Labute approximate surface area is 124 Å². The van der Waals surface area contributed by atoms with E-state index in [0.717, 1.165) is 4.47 Å². The van der Waals surface area contributed by atoms with Crippen molar-refractivity contribution in [3.05, 3.63) is 58.3 Å².